The van der Waals surface area contributed by atoms with Crippen LogP contribution in [0.15, 0.2) is 67.4 Å². The highest BCUT2D eigenvalue weighted by molar-refractivity contribution is 6.00. The number of phenolic OH excluding ortho intramolecular Hbond substituents is 1. The predicted octanol–water partition coefficient (Wildman–Crippen LogP) is 1.56. The number of fused-ring (bicyclic) bond motifs is 3. The molecular formula is C81H119N19O18. The van der Waals surface area contributed by atoms with E-state index >= 15 is 0 Å². The van der Waals surface area contributed by atoms with Crippen molar-refractivity contribution in [2.75, 3.05) is 39.3 Å². The quantitative estimate of drug-likeness (QED) is 0.0239. The summed E-state index contributed by atoms with van der Waals surface area (Å²) in [6.45, 7) is 8.43. The van der Waals surface area contributed by atoms with Gasteiger partial charge in [0.05, 0.1) is 38.8 Å². The second-order valence-electron chi connectivity index (χ2n) is 31.4. The number of imidazole rings is 1. The van der Waals surface area contributed by atoms with Gasteiger partial charge in [-0.05, 0) is 111 Å². The second kappa shape index (κ2) is 47.5. The molecule has 7 rings (SSSR count). The standard InChI is InChI=1S/C81H119N19O18/c1-46(2)21-14-12-10-8-7-9-11-13-15-22-53-37-65(102)92-58(25-18-30-82)74(110)96-62(35-51-41-84-45-91-51)76(112)99-71(48(5)6)79(115)100-32-20-27-64(100)77(113)90-43-66(103)93-59(26-19-31-85-81(83)117)75(111)95-61(34-50-40-87-57-29-28-52(101)36-55(50)57)73(109)88-42-67(104)94-60(33-49-39-86-56-24-17-16-23-54(49)56)72(108)89-44-68(105)98-70(47(3)4)78(114)97-63(38-69(106)107)80(116)118-53/h16-17,23-24,28-29,36,39-41,45-48,53,58-64,70-71,86-87,101H,7-15,18-22,25-27,30-35,37-38,42-44,82H2,1-6H3,(H,84,91)(H,88,109)(H,89,108)(H,90,113)(H,92,102)(H,93,103)(H,94,104)(H,95,111)(H,96,110)(H,97,114)(H,98,105)(H,99,112)(H,106,107)(H3,83,85,117). The highest BCUT2D eigenvalue weighted by Gasteiger charge is 2.41. The van der Waals surface area contributed by atoms with E-state index in [1.807, 2.05) is 0 Å². The van der Waals surface area contributed by atoms with Gasteiger partial charge in [0.25, 0.3) is 0 Å². The van der Waals surface area contributed by atoms with Crippen molar-refractivity contribution in [3.05, 3.63) is 84.2 Å². The number of carbonyl (C=O) groups excluding carboxylic acids is 14. The number of amides is 14. The Bertz CT molecular complexity index is 4240. The lowest BCUT2D eigenvalue weighted by Crippen LogP contribution is -2.60. The molecule has 0 spiro atoms. The first kappa shape index (κ1) is 93.5. The van der Waals surface area contributed by atoms with Crippen LogP contribution in [0.1, 0.15) is 180 Å². The molecular weight excluding hydrogens is 1530 g/mol. The normalized spacial score (nSPS) is 22.4. The van der Waals surface area contributed by atoms with Crippen molar-refractivity contribution >= 4 is 111 Å². The van der Waals surface area contributed by atoms with Crippen LogP contribution in [0.4, 0.5) is 4.79 Å². The van der Waals surface area contributed by atoms with Crippen molar-refractivity contribution in [1.29, 1.82) is 0 Å². The molecule has 3 aromatic heterocycles. The maximum Gasteiger partial charge on any atom is 0.329 e. The smallest absolute Gasteiger partial charge is 0.329 e. The number of carbonyl (C=O) groups is 15. The molecule has 0 aliphatic carbocycles. The highest BCUT2D eigenvalue weighted by Crippen LogP contribution is 2.26. The number of aromatic nitrogens is 4. The van der Waals surface area contributed by atoms with Crippen molar-refractivity contribution in [1.82, 2.24) is 88.6 Å². The van der Waals surface area contributed by atoms with Crippen LogP contribution < -0.4 is 75.3 Å². The number of hydrogen-bond donors (Lipinski definition) is 19. The number of nitrogens with two attached hydrogens (primary N) is 2. The molecule has 2 aromatic carbocycles. The van der Waals surface area contributed by atoms with Crippen LogP contribution in [0.5, 0.6) is 5.75 Å². The molecule has 5 aromatic rings. The van der Waals surface area contributed by atoms with Gasteiger partial charge >= 0.3 is 18.0 Å². The summed E-state index contributed by atoms with van der Waals surface area (Å²) in [5.41, 5.74) is 13.8. The molecule has 646 valence electrons. The van der Waals surface area contributed by atoms with Crippen molar-refractivity contribution in [3.8, 4) is 5.75 Å². The lowest BCUT2D eigenvalue weighted by atomic mass is 10.0. The molecule has 0 saturated carbocycles. The number of rotatable bonds is 29. The SMILES string of the molecule is CC(C)CCCCCCCCCCCC1CC(=O)NC(CCCN)C(=O)NC(Cc2cnc[nH]2)C(=O)NC(C(C)C)C(=O)N2CCCC2C(=O)NCC(=O)NC(CCCNC(N)=O)C(=O)NC(Cc2c[nH]c3ccc(O)cc23)C(=O)NCC(=O)NC(Cc2c[nH]c3ccccc23)C(=O)NCC(=O)NC(C(C)C)C(=O)NC(CC(=O)O)C(=O)O1. The number of aromatic amines is 3. The van der Waals surface area contributed by atoms with Crippen LogP contribution in [-0.4, -0.2) is 224 Å². The molecule has 10 atom stereocenters. The number of cyclic esters (lactones) is 1. The number of nitrogens with zero attached hydrogens (tertiary/aromatic N) is 2. The number of ether oxygens (including phenoxy) is 1. The zero-order valence-electron chi connectivity index (χ0n) is 68.1. The number of aromatic hydroxyl groups is 1. The van der Waals surface area contributed by atoms with E-state index in [2.05, 4.69) is 97.6 Å². The maximum atomic E-state index is 14.8. The van der Waals surface area contributed by atoms with E-state index in [4.69, 9.17) is 16.2 Å². The zero-order chi connectivity index (χ0) is 86.0. The third-order valence-corrected chi connectivity index (χ3v) is 20.7. The van der Waals surface area contributed by atoms with E-state index in [0.717, 1.165) is 44.9 Å². The van der Waals surface area contributed by atoms with Crippen molar-refractivity contribution in [2.45, 2.75) is 243 Å². The van der Waals surface area contributed by atoms with E-state index in [0.29, 0.717) is 63.8 Å². The summed E-state index contributed by atoms with van der Waals surface area (Å²) >= 11 is 0. The highest BCUT2D eigenvalue weighted by atomic mass is 16.5. The first-order chi connectivity index (χ1) is 56.4. The number of hydrogen-bond acceptors (Lipinski definition) is 19. The monoisotopic (exact) mass is 1650 g/mol. The number of phenols is 1. The van der Waals surface area contributed by atoms with Crippen LogP contribution in [0.25, 0.3) is 21.8 Å². The van der Waals surface area contributed by atoms with Crippen molar-refractivity contribution in [2.24, 2.45) is 29.2 Å². The van der Waals surface area contributed by atoms with E-state index in [1.54, 1.807) is 64.2 Å². The molecule has 2 fully saturated rings. The lowest BCUT2D eigenvalue weighted by Gasteiger charge is -2.32. The molecule has 2 saturated heterocycles. The van der Waals surface area contributed by atoms with Gasteiger partial charge in [-0.3, -0.25) is 62.3 Å². The molecule has 5 heterocycles. The molecule has 0 radical (unpaired) electrons. The van der Waals surface area contributed by atoms with Gasteiger partial charge in [0.2, 0.25) is 70.9 Å². The third kappa shape index (κ3) is 30.4. The fraction of sp³-hybridized carbons (Fsp3) is 0.580. The Kier molecular flexibility index (Phi) is 37.7. The van der Waals surface area contributed by atoms with E-state index in [1.165, 1.54) is 42.2 Å². The summed E-state index contributed by atoms with van der Waals surface area (Å²) < 4.78 is 5.97. The Hall–Kier alpha value is -11.7. The summed E-state index contributed by atoms with van der Waals surface area (Å²) in [4.78, 5) is 226. The fourth-order valence-corrected chi connectivity index (χ4v) is 14.3. The number of urea groups is 1. The van der Waals surface area contributed by atoms with Crippen LogP contribution >= 0.6 is 0 Å². The minimum atomic E-state index is -1.90. The molecule has 10 unspecified atom stereocenters. The Balaban J connectivity index is 1.21. The van der Waals surface area contributed by atoms with Gasteiger partial charge in [-0.15, -0.1) is 0 Å². The summed E-state index contributed by atoms with van der Waals surface area (Å²) in [6.07, 6.45) is 12.2. The van der Waals surface area contributed by atoms with Gasteiger partial charge in [0.1, 0.15) is 66.2 Å². The van der Waals surface area contributed by atoms with Crippen molar-refractivity contribution < 1.29 is 86.9 Å². The molecule has 2 aliphatic rings. The Morgan fingerprint density at radius 2 is 1.08 bits per heavy atom. The molecule has 14 amide bonds. The number of carboxylic acid groups (broad SMARTS) is 1. The first-order valence-electron chi connectivity index (χ1n) is 40.9. The van der Waals surface area contributed by atoms with Crippen LogP contribution in [0.3, 0.4) is 0 Å². The summed E-state index contributed by atoms with van der Waals surface area (Å²) in [5.74, 6) is -14.3. The average Bonchev–Trinajstić information content (AvgIpc) is 1.65. The Morgan fingerprint density at radius 3 is 1.68 bits per heavy atom. The summed E-state index contributed by atoms with van der Waals surface area (Å²) in [7, 11) is 0. The number of esters is 1. The number of nitrogens with one attached hydrogen (secondary N) is 15. The number of para-hydroxylation sites is 1. The lowest BCUT2D eigenvalue weighted by molar-refractivity contribution is -0.157. The summed E-state index contributed by atoms with van der Waals surface area (Å²) in [5, 5.41) is 52.8. The van der Waals surface area contributed by atoms with Gasteiger partial charge < -0.3 is 110 Å². The third-order valence-electron chi connectivity index (χ3n) is 20.7. The van der Waals surface area contributed by atoms with E-state index in [-0.39, 0.29) is 83.2 Å². The van der Waals surface area contributed by atoms with E-state index < -0.39 is 194 Å². The number of unbranched alkanes of at least 4 members (excludes halogenated alkanes) is 8. The number of carboxylic acids is 1. The number of aliphatic carboxylic acids is 1. The van der Waals surface area contributed by atoms with E-state index in [9.17, 15) is 82.1 Å². The molecule has 37 nitrogen and oxygen atoms in total. The average molecular weight is 1650 g/mol. The number of primary amides is 1. The van der Waals surface area contributed by atoms with Gasteiger partial charge in [0.15, 0.2) is 0 Å². The largest absolute Gasteiger partial charge is 0.508 e. The van der Waals surface area contributed by atoms with Crippen LogP contribution in [-0.2, 0) is 91.1 Å². The molecule has 0 bridgehead atoms. The number of benzene rings is 2. The van der Waals surface area contributed by atoms with Gasteiger partial charge in [0, 0.05) is 78.4 Å². The summed E-state index contributed by atoms with van der Waals surface area (Å²) in [6, 6.07) is -2.67. The predicted molar refractivity (Wildman–Crippen MR) is 434 cm³/mol. The molecule has 118 heavy (non-hydrogen) atoms. The minimum absolute atomic E-state index is 0.0200. The number of H-pyrrole nitrogens is 3. The van der Waals surface area contributed by atoms with Gasteiger partial charge in [-0.25, -0.2) is 14.6 Å². The topological polar surface area (TPSA) is 566 Å². The zero-order valence-corrected chi connectivity index (χ0v) is 68.1. The Labute approximate surface area is 685 Å². The molecule has 37 heteroatoms. The van der Waals surface area contributed by atoms with Gasteiger partial charge in [-0.1, -0.05) is 118 Å². The van der Waals surface area contributed by atoms with Crippen LogP contribution in [0, 0.1) is 17.8 Å². The van der Waals surface area contributed by atoms with Gasteiger partial charge in [-0.2, -0.15) is 0 Å². The molecule has 2 aliphatic heterocycles. The minimum Gasteiger partial charge on any atom is -0.508 e. The fourth-order valence-electron chi connectivity index (χ4n) is 14.3. The maximum absolute atomic E-state index is 14.8. The Morgan fingerprint density at radius 1 is 0.551 bits per heavy atom. The second-order valence-corrected chi connectivity index (χ2v) is 31.4. The first-order valence-corrected chi connectivity index (χ1v) is 40.9. The van der Waals surface area contributed by atoms with Crippen molar-refractivity contribution in [3.63, 3.8) is 0 Å². The van der Waals surface area contributed by atoms with Crippen LogP contribution in [0.2, 0.25) is 0 Å². The molecule has 21 N–H and O–H groups in total.